The van der Waals surface area contributed by atoms with Gasteiger partial charge in [0.05, 0.1) is 5.57 Å². The number of nitrogens with zero attached hydrogens (tertiary/aromatic N) is 1. The molecule has 6 nitrogen and oxygen atoms in total. The van der Waals surface area contributed by atoms with E-state index in [0.717, 1.165) is 31.6 Å². The summed E-state index contributed by atoms with van der Waals surface area (Å²) in [5, 5.41) is 13.1. The Labute approximate surface area is 143 Å². The lowest BCUT2D eigenvalue weighted by Gasteiger charge is -2.22. The molecule has 0 saturated carbocycles. The van der Waals surface area contributed by atoms with Crippen LogP contribution < -0.4 is 10.6 Å². The summed E-state index contributed by atoms with van der Waals surface area (Å²) in [5.41, 5.74) is 3.01. The second-order valence-corrected chi connectivity index (χ2v) is 6.29. The number of hydrogen-bond donors (Lipinski definition) is 3. The highest BCUT2D eigenvalue weighted by atomic mass is 19.1. The molecule has 3 heterocycles. The molecule has 1 aromatic carbocycles. The van der Waals surface area contributed by atoms with Gasteiger partial charge in [-0.2, -0.15) is 5.10 Å². The van der Waals surface area contributed by atoms with Crippen LogP contribution in [-0.4, -0.2) is 35.1 Å². The molecule has 25 heavy (non-hydrogen) atoms. The Kier molecular flexibility index (Phi) is 3.93. The Hall–Kier alpha value is -2.80. The van der Waals surface area contributed by atoms with Crippen molar-refractivity contribution >= 4 is 17.4 Å². The van der Waals surface area contributed by atoms with Crippen LogP contribution in [0.2, 0.25) is 0 Å². The lowest BCUT2D eigenvalue weighted by Crippen LogP contribution is -2.29. The van der Waals surface area contributed by atoms with Crippen LogP contribution in [0.3, 0.4) is 0 Å². The van der Waals surface area contributed by atoms with E-state index < -0.39 is 11.8 Å². The second-order valence-electron chi connectivity index (χ2n) is 6.29. The van der Waals surface area contributed by atoms with Crippen LogP contribution in [0.4, 0.5) is 4.39 Å². The largest absolute Gasteiger partial charge is 0.316 e. The molecule has 7 heteroatoms. The fourth-order valence-corrected chi connectivity index (χ4v) is 3.44. The molecule has 1 aromatic heterocycles. The number of piperidine rings is 1. The molecule has 0 bridgehead atoms. The summed E-state index contributed by atoms with van der Waals surface area (Å²) in [6, 6.07) is 5.94. The van der Waals surface area contributed by atoms with E-state index in [1.807, 2.05) is 0 Å². The van der Waals surface area contributed by atoms with E-state index >= 15 is 0 Å². The molecule has 1 atom stereocenters. The van der Waals surface area contributed by atoms with Crippen molar-refractivity contribution in [2.45, 2.75) is 18.8 Å². The minimum absolute atomic E-state index is 0.176. The molecule has 1 saturated heterocycles. The van der Waals surface area contributed by atoms with Crippen molar-refractivity contribution in [2.75, 3.05) is 13.1 Å². The maximum atomic E-state index is 13.3. The summed E-state index contributed by atoms with van der Waals surface area (Å²) in [6.45, 7) is 1.74. The normalized spacial score (nSPS) is 20.5. The average Bonchev–Trinajstić information content (AvgIpc) is 3.19. The van der Waals surface area contributed by atoms with Crippen LogP contribution in [0.25, 0.3) is 16.8 Å². The molecule has 0 aliphatic carbocycles. The minimum Gasteiger partial charge on any atom is -0.316 e. The van der Waals surface area contributed by atoms with E-state index in [-0.39, 0.29) is 11.7 Å². The molecule has 128 valence electrons. The standard InChI is InChI=1S/C18H17FN4O2/c19-12-5-3-10(4-6-12)16-15(13-8-14(24)21-18(13)25)17(23-22-16)11-2-1-7-20-9-11/h3-6,8,11,20H,1-2,7,9H2,(H,22,23)(H,21,24,25)/t11-/m0/s1. The number of halogens is 1. The maximum Gasteiger partial charge on any atom is 0.259 e. The molecule has 0 unspecified atom stereocenters. The number of nitrogens with one attached hydrogen (secondary N) is 3. The first-order valence-corrected chi connectivity index (χ1v) is 8.26. The van der Waals surface area contributed by atoms with E-state index in [1.165, 1.54) is 18.2 Å². The molecule has 1 fully saturated rings. The summed E-state index contributed by atoms with van der Waals surface area (Å²) in [4.78, 5) is 23.9. The zero-order chi connectivity index (χ0) is 17.4. The number of benzene rings is 1. The molecule has 2 amide bonds. The third kappa shape index (κ3) is 2.87. The number of carbonyl (C=O) groups excluding carboxylic acids is 2. The fourth-order valence-electron chi connectivity index (χ4n) is 3.44. The highest BCUT2D eigenvalue weighted by Gasteiger charge is 2.32. The zero-order valence-electron chi connectivity index (χ0n) is 13.4. The number of rotatable bonds is 3. The van der Waals surface area contributed by atoms with Crippen LogP contribution in [-0.2, 0) is 9.59 Å². The van der Waals surface area contributed by atoms with Crippen molar-refractivity contribution in [1.82, 2.24) is 20.8 Å². The quantitative estimate of drug-likeness (QED) is 0.743. The number of hydrogen-bond acceptors (Lipinski definition) is 4. The van der Waals surface area contributed by atoms with Gasteiger partial charge >= 0.3 is 0 Å². The lowest BCUT2D eigenvalue weighted by atomic mass is 9.89. The SMILES string of the molecule is O=C1C=C(c2c(-c3ccc(F)cc3)n[nH]c2[C@H]2CCCNC2)C(=O)N1. The molecule has 3 N–H and O–H groups in total. The Morgan fingerprint density at radius 1 is 1.16 bits per heavy atom. The van der Waals surface area contributed by atoms with Gasteiger partial charge in [0.2, 0.25) is 0 Å². The van der Waals surface area contributed by atoms with Crippen LogP contribution in [0, 0.1) is 5.82 Å². The summed E-state index contributed by atoms with van der Waals surface area (Å²) < 4.78 is 13.3. The van der Waals surface area contributed by atoms with Crippen molar-refractivity contribution in [3.8, 4) is 11.3 Å². The smallest absolute Gasteiger partial charge is 0.259 e. The highest BCUT2D eigenvalue weighted by Crippen LogP contribution is 2.36. The third-order valence-electron chi connectivity index (χ3n) is 4.64. The van der Waals surface area contributed by atoms with Crippen LogP contribution in [0.5, 0.6) is 0 Å². The first-order valence-electron chi connectivity index (χ1n) is 8.26. The first-order chi connectivity index (χ1) is 12.1. The first kappa shape index (κ1) is 15.7. The van der Waals surface area contributed by atoms with Crippen LogP contribution in [0.1, 0.15) is 30.0 Å². The number of amides is 2. The van der Waals surface area contributed by atoms with Gasteiger partial charge in [0, 0.05) is 35.4 Å². The van der Waals surface area contributed by atoms with Crippen molar-refractivity contribution < 1.29 is 14.0 Å². The number of aromatic amines is 1. The van der Waals surface area contributed by atoms with Gasteiger partial charge < -0.3 is 5.32 Å². The van der Waals surface area contributed by atoms with Gasteiger partial charge in [0.15, 0.2) is 0 Å². The molecule has 2 aliphatic rings. The third-order valence-corrected chi connectivity index (χ3v) is 4.64. The maximum absolute atomic E-state index is 13.3. The molecule has 0 spiro atoms. The molecule has 2 aliphatic heterocycles. The van der Waals surface area contributed by atoms with Gasteiger partial charge in [-0.3, -0.25) is 20.0 Å². The number of carbonyl (C=O) groups is 2. The van der Waals surface area contributed by atoms with Crippen LogP contribution in [0.15, 0.2) is 30.3 Å². The Morgan fingerprint density at radius 2 is 1.96 bits per heavy atom. The minimum atomic E-state index is -0.432. The van der Waals surface area contributed by atoms with Gasteiger partial charge in [0.1, 0.15) is 11.5 Å². The lowest BCUT2D eigenvalue weighted by molar-refractivity contribution is -0.123. The van der Waals surface area contributed by atoms with Gasteiger partial charge in [-0.25, -0.2) is 4.39 Å². The summed E-state index contributed by atoms with van der Waals surface area (Å²) in [5.74, 6) is -1.03. The molecule has 4 rings (SSSR count). The molecular weight excluding hydrogens is 323 g/mol. The van der Waals surface area contributed by atoms with Crippen LogP contribution >= 0.6 is 0 Å². The monoisotopic (exact) mass is 340 g/mol. The van der Waals surface area contributed by atoms with E-state index in [2.05, 4.69) is 20.8 Å². The summed E-state index contributed by atoms with van der Waals surface area (Å²) in [6.07, 6.45) is 3.30. The van der Waals surface area contributed by atoms with Gasteiger partial charge in [-0.1, -0.05) is 0 Å². The molecule has 0 radical (unpaired) electrons. The fraction of sp³-hybridized carbons (Fsp3) is 0.278. The van der Waals surface area contributed by atoms with Crippen molar-refractivity contribution in [3.05, 3.63) is 47.4 Å². The highest BCUT2D eigenvalue weighted by molar-refractivity contribution is 6.34. The van der Waals surface area contributed by atoms with E-state index in [4.69, 9.17) is 0 Å². The Balaban J connectivity index is 1.85. The van der Waals surface area contributed by atoms with Crippen molar-refractivity contribution in [3.63, 3.8) is 0 Å². The summed E-state index contributed by atoms with van der Waals surface area (Å²) >= 11 is 0. The van der Waals surface area contributed by atoms with Gasteiger partial charge in [-0.05, 0) is 43.7 Å². The number of H-pyrrole nitrogens is 1. The van der Waals surface area contributed by atoms with E-state index in [1.54, 1.807) is 12.1 Å². The van der Waals surface area contributed by atoms with E-state index in [9.17, 15) is 14.0 Å². The summed E-state index contributed by atoms with van der Waals surface area (Å²) in [7, 11) is 0. The van der Waals surface area contributed by atoms with Crippen molar-refractivity contribution in [1.29, 1.82) is 0 Å². The zero-order valence-corrected chi connectivity index (χ0v) is 13.4. The average molecular weight is 340 g/mol. The molecule has 2 aromatic rings. The number of aromatic nitrogens is 2. The predicted molar refractivity (Wildman–Crippen MR) is 90.0 cm³/mol. The molecular formula is C18H17FN4O2. The predicted octanol–water partition coefficient (Wildman–Crippen LogP) is 1.72. The Morgan fingerprint density at radius 3 is 2.60 bits per heavy atom. The van der Waals surface area contributed by atoms with Gasteiger partial charge in [-0.15, -0.1) is 0 Å². The topological polar surface area (TPSA) is 86.9 Å². The second kappa shape index (κ2) is 6.25. The van der Waals surface area contributed by atoms with Crippen molar-refractivity contribution in [2.24, 2.45) is 0 Å². The van der Waals surface area contributed by atoms with E-state index in [0.29, 0.717) is 22.4 Å². The van der Waals surface area contributed by atoms with Gasteiger partial charge in [0.25, 0.3) is 11.8 Å². The number of imide groups is 1. The Bertz CT molecular complexity index is 864.